The lowest BCUT2D eigenvalue weighted by molar-refractivity contribution is -0.0238. The smallest absolute Gasteiger partial charge is 0.0601 e. The predicted octanol–water partition coefficient (Wildman–Crippen LogP) is 4.04. The molecule has 1 aliphatic heterocycles. The molecule has 0 unspecified atom stereocenters. The average Bonchev–Trinajstić information content (AvgIpc) is 2.57. The number of piperidine rings is 1. The van der Waals surface area contributed by atoms with Crippen molar-refractivity contribution in [2.75, 3.05) is 38.7 Å². The van der Waals surface area contributed by atoms with Gasteiger partial charge in [-0.05, 0) is 50.8 Å². The Labute approximate surface area is 142 Å². The van der Waals surface area contributed by atoms with Gasteiger partial charge in [-0.2, -0.15) is 0 Å². The highest BCUT2D eigenvalue weighted by atomic mass is 16.5. The maximum absolute atomic E-state index is 5.39. The van der Waals surface area contributed by atoms with E-state index >= 15 is 0 Å². The Balaban J connectivity index is 0.000000924. The van der Waals surface area contributed by atoms with E-state index in [4.69, 9.17) is 4.74 Å². The fourth-order valence-corrected chi connectivity index (χ4v) is 3.66. The Morgan fingerprint density at radius 1 is 1.09 bits per heavy atom. The summed E-state index contributed by atoms with van der Waals surface area (Å²) >= 11 is 0. The Bertz CT molecular complexity index is 423. The van der Waals surface area contributed by atoms with Gasteiger partial charge in [-0.25, -0.2) is 0 Å². The quantitative estimate of drug-likeness (QED) is 0.815. The van der Waals surface area contributed by atoms with Crippen LogP contribution < -0.4 is 4.90 Å². The molecule has 23 heavy (non-hydrogen) atoms. The zero-order valence-corrected chi connectivity index (χ0v) is 15.4. The van der Waals surface area contributed by atoms with E-state index in [0.717, 1.165) is 12.0 Å². The van der Waals surface area contributed by atoms with Gasteiger partial charge in [0.1, 0.15) is 0 Å². The van der Waals surface area contributed by atoms with Crippen molar-refractivity contribution in [3.05, 3.63) is 30.3 Å². The molecule has 3 nitrogen and oxygen atoms in total. The van der Waals surface area contributed by atoms with Gasteiger partial charge in [0.2, 0.25) is 0 Å². The second-order valence-electron chi connectivity index (χ2n) is 6.69. The molecule has 130 valence electrons. The highest BCUT2D eigenvalue weighted by Crippen LogP contribution is 2.29. The summed E-state index contributed by atoms with van der Waals surface area (Å²) in [5, 5.41) is 0. The molecular weight excluding hydrogens is 284 g/mol. The molecule has 2 aliphatic rings. The van der Waals surface area contributed by atoms with Gasteiger partial charge >= 0.3 is 0 Å². The lowest BCUT2D eigenvalue weighted by atomic mass is 9.86. The molecular formula is C20H34N2O. The summed E-state index contributed by atoms with van der Waals surface area (Å²) in [5.74, 6) is 0.858. The highest BCUT2D eigenvalue weighted by Gasteiger charge is 2.33. The molecule has 0 N–H and O–H groups in total. The Hall–Kier alpha value is -1.06. The summed E-state index contributed by atoms with van der Waals surface area (Å²) in [6.07, 6.45) is 5.59. The zero-order chi connectivity index (χ0) is 16.7. The monoisotopic (exact) mass is 318 g/mol. The fourth-order valence-electron chi connectivity index (χ4n) is 3.66. The number of rotatable bonds is 5. The molecule has 0 spiro atoms. The average molecular weight is 319 g/mol. The van der Waals surface area contributed by atoms with Crippen molar-refractivity contribution < 1.29 is 4.74 Å². The number of para-hydroxylation sites is 1. The number of ether oxygens (including phenoxy) is 1. The molecule has 1 aromatic carbocycles. The van der Waals surface area contributed by atoms with Crippen LogP contribution >= 0.6 is 0 Å². The summed E-state index contributed by atoms with van der Waals surface area (Å²) in [7, 11) is 4.13. The van der Waals surface area contributed by atoms with E-state index in [9.17, 15) is 0 Å². The van der Waals surface area contributed by atoms with Crippen LogP contribution in [0.3, 0.4) is 0 Å². The molecule has 1 saturated heterocycles. The maximum Gasteiger partial charge on any atom is 0.0601 e. The van der Waals surface area contributed by atoms with Crippen molar-refractivity contribution in [3.63, 3.8) is 0 Å². The van der Waals surface area contributed by atoms with Gasteiger partial charge in [-0.3, -0.25) is 0 Å². The molecule has 1 aliphatic carbocycles. The first-order valence-electron chi connectivity index (χ1n) is 9.29. The van der Waals surface area contributed by atoms with Crippen LogP contribution in [0.2, 0.25) is 0 Å². The molecule has 0 bridgehead atoms. The third-order valence-electron chi connectivity index (χ3n) is 5.31. The summed E-state index contributed by atoms with van der Waals surface area (Å²) in [4.78, 5) is 5.10. The molecule has 1 aromatic rings. The Morgan fingerprint density at radius 3 is 2.26 bits per heavy atom. The summed E-state index contributed by atoms with van der Waals surface area (Å²) in [6.45, 7) is 7.66. The van der Waals surface area contributed by atoms with Gasteiger partial charge in [-0.1, -0.05) is 32.0 Å². The molecule has 3 rings (SSSR count). The Kier molecular flexibility index (Phi) is 7.38. The lowest BCUT2D eigenvalue weighted by Crippen LogP contribution is -2.48. The minimum Gasteiger partial charge on any atom is -0.381 e. The van der Waals surface area contributed by atoms with Gasteiger partial charge < -0.3 is 14.5 Å². The number of benzene rings is 1. The first-order chi connectivity index (χ1) is 11.3. The lowest BCUT2D eigenvalue weighted by Gasteiger charge is -2.43. The van der Waals surface area contributed by atoms with E-state index in [2.05, 4.69) is 47.2 Å². The summed E-state index contributed by atoms with van der Waals surface area (Å²) in [6, 6.07) is 11.6. The van der Waals surface area contributed by atoms with Crippen molar-refractivity contribution in [1.29, 1.82) is 0 Å². The van der Waals surface area contributed by atoms with E-state index < -0.39 is 0 Å². The van der Waals surface area contributed by atoms with E-state index in [1.165, 1.54) is 51.0 Å². The fraction of sp³-hybridized carbons (Fsp3) is 0.700. The van der Waals surface area contributed by atoms with E-state index in [-0.39, 0.29) is 0 Å². The van der Waals surface area contributed by atoms with Gasteiger partial charge in [0.25, 0.3) is 0 Å². The van der Waals surface area contributed by atoms with Crippen LogP contribution in [-0.2, 0) is 4.74 Å². The number of hydrogen-bond donors (Lipinski definition) is 0. The van der Waals surface area contributed by atoms with Crippen LogP contribution in [-0.4, -0.2) is 50.8 Å². The SMILES string of the molecule is CC.COC1CC(N(C)CC2CCN(c3ccccc3)CC2)C1. The van der Waals surface area contributed by atoms with Gasteiger partial charge in [0.05, 0.1) is 6.10 Å². The van der Waals surface area contributed by atoms with Crippen LogP contribution in [0, 0.1) is 5.92 Å². The normalized spacial score (nSPS) is 24.8. The molecule has 0 amide bonds. The largest absolute Gasteiger partial charge is 0.381 e. The third-order valence-corrected chi connectivity index (χ3v) is 5.31. The van der Waals surface area contributed by atoms with E-state index in [1.54, 1.807) is 0 Å². The molecule has 0 atom stereocenters. The first kappa shape index (κ1) is 18.3. The number of methoxy groups -OCH3 is 1. The number of nitrogens with zero attached hydrogens (tertiary/aromatic N) is 2. The highest BCUT2D eigenvalue weighted by molar-refractivity contribution is 5.46. The second kappa shape index (κ2) is 9.29. The van der Waals surface area contributed by atoms with Crippen LogP contribution in [0.4, 0.5) is 5.69 Å². The van der Waals surface area contributed by atoms with Gasteiger partial charge in [0, 0.05) is 38.5 Å². The van der Waals surface area contributed by atoms with E-state index in [0.29, 0.717) is 6.10 Å². The molecule has 1 saturated carbocycles. The van der Waals surface area contributed by atoms with Crippen molar-refractivity contribution >= 4 is 5.69 Å². The van der Waals surface area contributed by atoms with Crippen molar-refractivity contribution in [2.24, 2.45) is 5.92 Å². The first-order valence-corrected chi connectivity index (χ1v) is 9.29. The summed E-state index contributed by atoms with van der Waals surface area (Å²) in [5.41, 5.74) is 1.38. The van der Waals surface area contributed by atoms with Gasteiger partial charge in [0.15, 0.2) is 0 Å². The van der Waals surface area contributed by atoms with Crippen LogP contribution in [0.5, 0.6) is 0 Å². The van der Waals surface area contributed by atoms with E-state index in [1.807, 2.05) is 21.0 Å². The Morgan fingerprint density at radius 2 is 1.70 bits per heavy atom. The molecule has 2 fully saturated rings. The van der Waals surface area contributed by atoms with Crippen LogP contribution in [0.25, 0.3) is 0 Å². The zero-order valence-electron chi connectivity index (χ0n) is 15.4. The number of anilines is 1. The van der Waals surface area contributed by atoms with Crippen LogP contribution in [0.1, 0.15) is 39.5 Å². The maximum atomic E-state index is 5.39. The predicted molar refractivity (Wildman–Crippen MR) is 99.2 cm³/mol. The standard InChI is InChI=1S/C18H28N2O.C2H6/c1-19(17-12-18(13-17)21-2)14-15-8-10-20(11-9-15)16-6-4-3-5-7-16;1-2/h3-7,15,17-18H,8-14H2,1-2H3;1-2H3. The van der Waals surface area contributed by atoms with Gasteiger partial charge in [-0.15, -0.1) is 0 Å². The molecule has 3 heteroatoms. The minimum atomic E-state index is 0.511. The van der Waals surface area contributed by atoms with Crippen LogP contribution in [0.15, 0.2) is 30.3 Å². The summed E-state index contributed by atoms with van der Waals surface area (Å²) < 4.78 is 5.39. The number of hydrogen-bond acceptors (Lipinski definition) is 3. The minimum absolute atomic E-state index is 0.511. The third kappa shape index (κ3) is 4.95. The van der Waals surface area contributed by atoms with Crippen molar-refractivity contribution in [3.8, 4) is 0 Å². The van der Waals surface area contributed by atoms with Crippen molar-refractivity contribution in [1.82, 2.24) is 4.90 Å². The molecule has 1 heterocycles. The second-order valence-corrected chi connectivity index (χ2v) is 6.69. The molecule has 0 aromatic heterocycles. The topological polar surface area (TPSA) is 15.7 Å². The van der Waals surface area contributed by atoms with Crippen molar-refractivity contribution in [2.45, 2.75) is 51.7 Å². The molecule has 0 radical (unpaired) electrons.